The number of carbonyl (C=O) groups is 2. The van der Waals surface area contributed by atoms with Crippen LogP contribution in [0, 0.1) is 5.82 Å². The molecule has 1 atom stereocenters. The van der Waals surface area contributed by atoms with E-state index >= 15 is 0 Å². The van der Waals surface area contributed by atoms with E-state index < -0.39 is 17.8 Å². The number of hydrogen-bond acceptors (Lipinski definition) is 5. The summed E-state index contributed by atoms with van der Waals surface area (Å²) < 4.78 is 25.6. The predicted octanol–water partition coefficient (Wildman–Crippen LogP) is 5.00. The molecule has 1 heterocycles. The third-order valence-corrected chi connectivity index (χ3v) is 5.70. The monoisotopic (exact) mass is 429 g/mol. The van der Waals surface area contributed by atoms with Gasteiger partial charge in [0.25, 0.3) is 5.91 Å². The maximum Gasteiger partial charge on any atom is 0.308 e. The van der Waals surface area contributed by atoms with Crippen LogP contribution in [-0.2, 0) is 20.9 Å². The van der Waals surface area contributed by atoms with Crippen LogP contribution >= 0.6 is 11.3 Å². The lowest BCUT2D eigenvalue weighted by atomic mass is 10.0. The van der Waals surface area contributed by atoms with Crippen molar-refractivity contribution in [3.05, 3.63) is 70.4 Å². The smallest absolute Gasteiger partial charge is 0.308 e. The number of amides is 1. The molecule has 0 aliphatic heterocycles. The third-order valence-electron chi connectivity index (χ3n) is 4.50. The number of fused-ring (bicyclic) bond motifs is 1. The zero-order valence-corrected chi connectivity index (χ0v) is 17.9. The fourth-order valence-corrected chi connectivity index (χ4v) is 4.40. The van der Waals surface area contributed by atoms with Crippen LogP contribution in [0.1, 0.15) is 47.1 Å². The van der Waals surface area contributed by atoms with Crippen molar-refractivity contribution in [2.45, 2.75) is 39.0 Å². The van der Waals surface area contributed by atoms with Crippen molar-refractivity contribution in [3.8, 4) is 0 Å². The van der Waals surface area contributed by atoms with Gasteiger partial charge in [0.2, 0.25) is 0 Å². The Bertz CT molecular complexity index is 1030. The second-order valence-electron chi connectivity index (χ2n) is 7.14. The summed E-state index contributed by atoms with van der Waals surface area (Å²) in [5.41, 5.74) is 1.29. The van der Waals surface area contributed by atoms with E-state index in [1.165, 1.54) is 24.5 Å². The largest absolute Gasteiger partial charge is 0.463 e. The van der Waals surface area contributed by atoms with Crippen LogP contribution < -0.4 is 5.32 Å². The number of halogens is 1. The molecular formula is C23H24FNO4S. The minimum Gasteiger partial charge on any atom is -0.463 e. The molecule has 158 valence electrons. The number of ether oxygens (including phenoxy) is 2. The van der Waals surface area contributed by atoms with Gasteiger partial charge >= 0.3 is 5.97 Å². The van der Waals surface area contributed by atoms with Crippen LogP contribution in [0.3, 0.4) is 0 Å². The molecule has 1 amide bonds. The van der Waals surface area contributed by atoms with E-state index in [-0.39, 0.29) is 25.0 Å². The molecule has 5 nitrogen and oxygen atoms in total. The second kappa shape index (κ2) is 9.82. The van der Waals surface area contributed by atoms with Gasteiger partial charge in [-0.15, -0.1) is 11.3 Å². The maximum absolute atomic E-state index is 14.4. The Kier molecular flexibility index (Phi) is 7.18. The molecule has 0 spiro atoms. The first-order valence-corrected chi connectivity index (χ1v) is 10.5. The number of carbonyl (C=O) groups excluding carboxylic acids is 2. The van der Waals surface area contributed by atoms with E-state index in [2.05, 4.69) is 5.32 Å². The Morgan fingerprint density at radius 1 is 1.10 bits per heavy atom. The molecule has 0 saturated heterocycles. The quantitative estimate of drug-likeness (QED) is 0.512. The molecule has 2 aromatic carbocycles. The van der Waals surface area contributed by atoms with E-state index in [9.17, 15) is 14.0 Å². The molecule has 0 bridgehead atoms. The van der Waals surface area contributed by atoms with Gasteiger partial charge in [-0.05, 0) is 31.5 Å². The number of methoxy groups -OCH3 is 1. The Balaban J connectivity index is 1.93. The molecule has 3 aromatic rings. The standard InChI is InChI=1S/C23H24FNO4S/c1-14(2)29-20(26)12-18(15-8-5-4-6-9-15)25-23(27)22-16(13-28-3)21-17(24)10-7-11-19(21)30-22/h4-11,14,18H,12-13H2,1-3H3,(H,25,27). The number of esters is 1. The van der Waals surface area contributed by atoms with Gasteiger partial charge in [-0.3, -0.25) is 9.59 Å². The van der Waals surface area contributed by atoms with Crippen molar-refractivity contribution in [1.29, 1.82) is 0 Å². The summed E-state index contributed by atoms with van der Waals surface area (Å²) in [5.74, 6) is -1.18. The number of rotatable bonds is 8. The molecule has 0 aliphatic carbocycles. The molecular weight excluding hydrogens is 405 g/mol. The molecule has 0 aliphatic rings. The molecule has 1 aromatic heterocycles. The highest BCUT2D eigenvalue weighted by Gasteiger charge is 2.25. The van der Waals surface area contributed by atoms with Crippen LogP contribution in [0.25, 0.3) is 10.1 Å². The zero-order valence-electron chi connectivity index (χ0n) is 17.1. The van der Waals surface area contributed by atoms with Crippen LogP contribution in [0.15, 0.2) is 48.5 Å². The summed E-state index contributed by atoms with van der Waals surface area (Å²) in [5, 5.41) is 3.32. The lowest BCUT2D eigenvalue weighted by Crippen LogP contribution is -2.31. The maximum atomic E-state index is 14.4. The molecule has 30 heavy (non-hydrogen) atoms. The molecule has 7 heteroatoms. The van der Waals surface area contributed by atoms with E-state index in [1.54, 1.807) is 26.0 Å². The summed E-state index contributed by atoms with van der Waals surface area (Å²) in [6, 6.07) is 13.4. The lowest BCUT2D eigenvalue weighted by molar-refractivity contribution is -0.147. The van der Waals surface area contributed by atoms with E-state index in [4.69, 9.17) is 9.47 Å². The van der Waals surface area contributed by atoms with Gasteiger partial charge in [-0.1, -0.05) is 36.4 Å². The number of benzene rings is 2. The molecule has 0 fully saturated rings. The Labute approximate surface area is 178 Å². The molecule has 1 N–H and O–H groups in total. The number of thiophene rings is 1. The third kappa shape index (κ3) is 5.04. The second-order valence-corrected chi connectivity index (χ2v) is 8.19. The predicted molar refractivity (Wildman–Crippen MR) is 115 cm³/mol. The van der Waals surface area contributed by atoms with Gasteiger partial charge in [0.15, 0.2) is 0 Å². The SMILES string of the molecule is COCc1c(C(=O)NC(CC(=O)OC(C)C)c2ccccc2)sc2cccc(F)c12. The Hall–Kier alpha value is -2.77. The van der Waals surface area contributed by atoms with Gasteiger partial charge < -0.3 is 14.8 Å². The van der Waals surface area contributed by atoms with E-state index in [1.807, 2.05) is 30.3 Å². The van der Waals surface area contributed by atoms with Gasteiger partial charge in [-0.25, -0.2) is 4.39 Å². The average Bonchev–Trinajstić information content (AvgIpc) is 3.08. The first-order valence-electron chi connectivity index (χ1n) is 9.64. The summed E-state index contributed by atoms with van der Waals surface area (Å²) in [4.78, 5) is 25.8. The molecule has 0 saturated carbocycles. The van der Waals surface area contributed by atoms with Crippen LogP contribution in [0.5, 0.6) is 0 Å². The number of hydrogen-bond donors (Lipinski definition) is 1. The lowest BCUT2D eigenvalue weighted by Gasteiger charge is -2.19. The number of nitrogens with one attached hydrogen (secondary N) is 1. The van der Waals surface area contributed by atoms with Gasteiger partial charge in [0, 0.05) is 22.8 Å². The topological polar surface area (TPSA) is 64.6 Å². The Morgan fingerprint density at radius 3 is 2.50 bits per heavy atom. The molecule has 1 unspecified atom stereocenters. The highest BCUT2D eigenvalue weighted by molar-refractivity contribution is 7.21. The van der Waals surface area contributed by atoms with Crippen molar-refractivity contribution in [1.82, 2.24) is 5.32 Å². The van der Waals surface area contributed by atoms with Crippen LogP contribution in [-0.4, -0.2) is 25.1 Å². The van der Waals surface area contributed by atoms with Gasteiger partial charge in [-0.2, -0.15) is 0 Å². The van der Waals surface area contributed by atoms with Crippen molar-refractivity contribution in [2.24, 2.45) is 0 Å². The van der Waals surface area contributed by atoms with Crippen molar-refractivity contribution >= 4 is 33.3 Å². The van der Waals surface area contributed by atoms with Crippen molar-refractivity contribution in [3.63, 3.8) is 0 Å². The highest BCUT2D eigenvalue weighted by Crippen LogP contribution is 2.34. The summed E-state index contributed by atoms with van der Waals surface area (Å²) in [6.07, 6.45) is -0.254. The van der Waals surface area contributed by atoms with Crippen molar-refractivity contribution < 1.29 is 23.5 Å². The minimum absolute atomic E-state index is 0.00714. The molecule has 3 rings (SSSR count). The van der Waals surface area contributed by atoms with E-state index in [0.29, 0.717) is 20.5 Å². The normalized spacial score (nSPS) is 12.2. The minimum atomic E-state index is -0.574. The molecule has 0 radical (unpaired) electrons. The fourth-order valence-electron chi connectivity index (χ4n) is 3.27. The fraction of sp³-hybridized carbons (Fsp3) is 0.304. The first-order chi connectivity index (χ1) is 14.4. The summed E-state index contributed by atoms with van der Waals surface area (Å²) in [6.45, 7) is 3.66. The van der Waals surface area contributed by atoms with Crippen LogP contribution in [0.2, 0.25) is 0 Å². The average molecular weight is 430 g/mol. The zero-order chi connectivity index (χ0) is 21.7. The van der Waals surface area contributed by atoms with E-state index in [0.717, 1.165) is 5.56 Å². The van der Waals surface area contributed by atoms with Gasteiger partial charge in [0.05, 0.1) is 30.1 Å². The summed E-state index contributed by atoms with van der Waals surface area (Å²) in [7, 11) is 1.50. The van der Waals surface area contributed by atoms with Gasteiger partial charge in [0.1, 0.15) is 5.82 Å². The van der Waals surface area contributed by atoms with Crippen LogP contribution in [0.4, 0.5) is 4.39 Å². The Morgan fingerprint density at radius 2 is 1.83 bits per heavy atom. The first kappa shape index (κ1) is 21.9. The highest BCUT2D eigenvalue weighted by atomic mass is 32.1. The summed E-state index contributed by atoms with van der Waals surface area (Å²) >= 11 is 1.20. The van der Waals surface area contributed by atoms with Crippen molar-refractivity contribution in [2.75, 3.05) is 7.11 Å².